The topological polar surface area (TPSA) is 115 Å². The van der Waals surface area contributed by atoms with Crippen molar-refractivity contribution in [3.05, 3.63) is 51.3 Å². The van der Waals surface area contributed by atoms with Crippen molar-refractivity contribution in [3.63, 3.8) is 0 Å². The maximum atomic E-state index is 12.1. The van der Waals surface area contributed by atoms with E-state index in [0.717, 1.165) is 3.97 Å². The van der Waals surface area contributed by atoms with Gasteiger partial charge in [-0.3, -0.25) is 14.7 Å². The Kier molecular flexibility index (Phi) is 5.39. The van der Waals surface area contributed by atoms with Crippen LogP contribution in [-0.2, 0) is 16.7 Å². The molecular weight excluding hydrogens is 386 g/mol. The minimum Gasteiger partial charge on any atom is -0.269 e. The van der Waals surface area contributed by atoms with E-state index in [-0.39, 0.29) is 22.8 Å². The normalized spacial score (nSPS) is 13.0. The van der Waals surface area contributed by atoms with Crippen molar-refractivity contribution in [2.75, 3.05) is 0 Å². The molecule has 2 rings (SSSR count). The monoisotopic (exact) mass is 411 g/mol. The van der Waals surface area contributed by atoms with E-state index < -0.39 is 23.3 Å². The molecule has 148 valence electrons. The number of hydrogen-bond donors (Lipinski definition) is 1. The third-order valence-corrected chi connectivity index (χ3v) is 11.6. The van der Waals surface area contributed by atoms with Crippen LogP contribution in [0.4, 0.5) is 5.69 Å². The molecule has 0 amide bonds. The quantitative estimate of drug-likeness (QED) is 0.350. The number of nitro benzene ring substituents is 1. The van der Waals surface area contributed by atoms with Crippen LogP contribution in [0.2, 0.25) is 18.1 Å². The third kappa shape index (κ3) is 4.12. The molecule has 27 heavy (non-hydrogen) atoms. The van der Waals surface area contributed by atoms with Gasteiger partial charge in [0, 0.05) is 24.2 Å². The zero-order valence-electron chi connectivity index (χ0n) is 16.3. The Morgan fingerprint density at radius 3 is 2.37 bits per heavy atom. The molecule has 0 saturated carbocycles. The zero-order chi connectivity index (χ0) is 20.8. The molecule has 8 nitrogen and oxygen atoms in total. The summed E-state index contributed by atoms with van der Waals surface area (Å²) in [6.45, 7) is 11.7. The van der Waals surface area contributed by atoms with Crippen LogP contribution >= 0.6 is 0 Å². The molecule has 0 spiro atoms. The maximum absolute atomic E-state index is 12.1. The van der Waals surface area contributed by atoms with Gasteiger partial charge >= 0.3 is 10.3 Å². The molecule has 1 N–H and O–H groups in total. The summed E-state index contributed by atoms with van der Waals surface area (Å²) >= 11 is 0. The minimum absolute atomic E-state index is 0.0324. The largest absolute Gasteiger partial charge is 0.364 e. The van der Waals surface area contributed by atoms with E-state index in [9.17, 15) is 23.1 Å². The maximum Gasteiger partial charge on any atom is 0.364 e. The summed E-state index contributed by atoms with van der Waals surface area (Å²) in [5.41, 5.74) is 1.69. The lowest BCUT2D eigenvalue weighted by atomic mass is 10.1. The lowest BCUT2D eigenvalue weighted by Crippen LogP contribution is -2.55. The summed E-state index contributed by atoms with van der Waals surface area (Å²) in [5.74, 6) is 0. The molecule has 1 aromatic carbocycles. The average Bonchev–Trinajstić information content (AvgIpc) is 2.92. The van der Waals surface area contributed by atoms with Gasteiger partial charge in [-0.25, -0.2) is 8.96 Å². The van der Waals surface area contributed by atoms with Crippen molar-refractivity contribution in [2.45, 2.75) is 52.2 Å². The van der Waals surface area contributed by atoms with Crippen molar-refractivity contribution in [2.24, 2.45) is 0 Å². The van der Waals surface area contributed by atoms with Crippen molar-refractivity contribution in [1.29, 1.82) is 0 Å². The number of hydrogen-bond acceptors (Lipinski definition) is 5. The summed E-state index contributed by atoms with van der Waals surface area (Å²) in [6.07, 6.45) is 1.53. The van der Waals surface area contributed by atoms with Gasteiger partial charge in [0.25, 0.3) is 5.69 Å². The van der Waals surface area contributed by atoms with E-state index in [2.05, 4.69) is 4.98 Å². The van der Waals surface area contributed by atoms with E-state index in [1.165, 1.54) is 12.3 Å². The van der Waals surface area contributed by atoms with Crippen LogP contribution in [0.25, 0.3) is 0 Å². The fourth-order valence-electron chi connectivity index (χ4n) is 2.67. The van der Waals surface area contributed by atoms with Gasteiger partial charge in [-0.1, -0.05) is 46.0 Å². The van der Waals surface area contributed by atoms with Crippen molar-refractivity contribution in [3.8, 4) is 0 Å². The van der Waals surface area contributed by atoms with Gasteiger partial charge in [-0.15, -0.1) is 0 Å². The van der Waals surface area contributed by atoms with Crippen LogP contribution < -0.4 is 5.45 Å². The first kappa shape index (κ1) is 21.3. The highest BCUT2D eigenvalue weighted by atomic mass is 32.2. The number of benzene rings is 1. The predicted octanol–water partition coefficient (Wildman–Crippen LogP) is 3.06. The molecule has 0 aliphatic heterocycles. The first-order valence-corrected chi connectivity index (χ1v) is 12.8. The van der Waals surface area contributed by atoms with Crippen LogP contribution in [0.5, 0.6) is 0 Å². The summed E-state index contributed by atoms with van der Waals surface area (Å²) in [4.78, 5) is 15.0. The Labute approximate surface area is 160 Å². The molecule has 1 aromatic heterocycles. The predicted molar refractivity (Wildman–Crippen MR) is 107 cm³/mol. The van der Waals surface area contributed by atoms with Crippen LogP contribution in [0.15, 0.2) is 24.4 Å². The fourth-order valence-corrected chi connectivity index (χ4v) is 6.09. The second kappa shape index (κ2) is 6.84. The van der Waals surface area contributed by atoms with Crippen molar-refractivity contribution >= 4 is 29.5 Å². The summed E-state index contributed by atoms with van der Waals surface area (Å²) in [7, 11) is -6.93. The number of rotatable bonds is 5. The minimum atomic E-state index is -4.56. The van der Waals surface area contributed by atoms with E-state index in [1.807, 2.05) is 33.9 Å². The number of nitro groups is 1. The highest BCUT2D eigenvalue weighted by molar-refractivity contribution is 7.84. The summed E-state index contributed by atoms with van der Waals surface area (Å²) in [5, 5.41) is 11.0. The summed E-state index contributed by atoms with van der Waals surface area (Å²) < 4.78 is 35.0. The zero-order valence-corrected chi connectivity index (χ0v) is 18.2. The van der Waals surface area contributed by atoms with Crippen LogP contribution in [0.3, 0.4) is 0 Å². The van der Waals surface area contributed by atoms with Gasteiger partial charge in [0.2, 0.25) is 0 Å². The molecule has 1 heterocycles. The molecule has 10 heteroatoms. The molecule has 0 atom stereocenters. The van der Waals surface area contributed by atoms with Crippen molar-refractivity contribution < 1.29 is 17.9 Å². The molecule has 0 aliphatic carbocycles. The van der Waals surface area contributed by atoms with Crippen LogP contribution in [0.1, 0.15) is 37.6 Å². The smallest absolute Gasteiger partial charge is 0.269 e. The second-order valence-electron chi connectivity index (χ2n) is 8.25. The lowest BCUT2D eigenvalue weighted by Gasteiger charge is -2.35. The Hall–Kier alpha value is -2.04. The van der Waals surface area contributed by atoms with Gasteiger partial charge < -0.3 is 0 Å². The van der Waals surface area contributed by atoms with E-state index in [1.54, 1.807) is 19.1 Å². The molecule has 2 aromatic rings. The number of imidazole rings is 1. The Morgan fingerprint density at radius 1 is 1.30 bits per heavy atom. The highest BCUT2D eigenvalue weighted by Gasteiger charge is 2.43. The molecule has 0 bridgehead atoms. The molecule has 0 unspecified atom stereocenters. The Morgan fingerprint density at radius 2 is 1.89 bits per heavy atom. The Balaban J connectivity index is 2.61. The van der Waals surface area contributed by atoms with Crippen LogP contribution in [-0.4, -0.2) is 34.9 Å². The van der Waals surface area contributed by atoms with Gasteiger partial charge in [-0.2, -0.15) is 8.42 Å². The summed E-state index contributed by atoms with van der Waals surface area (Å²) in [6, 6.07) is 4.74. The standard InChI is InChI=1S/C17H25N3O5SSi/c1-12-7-8-13(10-15(12)20(21)22)9-14-11-18-16(19(14)26(23,24)25)27(5,6)17(2,3)4/h7-8,10-11H,9H2,1-6H3,(H,23,24,25). The van der Waals surface area contributed by atoms with Gasteiger partial charge in [0.15, 0.2) is 0 Å². The second-order valence-corrected chi connectivity index (χ2v) is 14.7. The van der Waals surface area contributed by atoms with E-state index in [4.69, 9.17) is 0 Å². The van der Waals surface area contributed by atoms with Crippen molar-refractivity contribution in [1.82, 2.24) is 8.96 Å². The number of nitrogens with zero attached hydrogens (tertiary/aromatic N) is 3. The molecule has 0 aliphatic rings. The van der Waals surface area contributed by atoms with Crippen LogP contribution in [0, 0.1) is 17.0 Å². The molecule has 0 radical (unpaired) electrons. The number of aryl methyl sites for hydroxylation is 1. The Bertz CT molecular complexity index is 990. The first-order valence-electron chi connectivity index (χ1n) is 8.45. The van der Waals surface area contributed by atoms with Gasteiger partial charge in [-0.05, 0) is 17.5 Å². The van der Waals surface area contributed by atoms with E-state index in [0.29, 0.717) is 16.6 Å². The van der Waals surface area contributed by atoms with Gasteiger partial charge in [0.1, 0.15) is 13.5 Å². The third-order valence-electron chi connectivity index (χ3n) is 5.31. The molecule has 0 saturated heterocycles. The highest BCUT2D eigenvalue weighted by Crippen LogP contribution is 2.35. The molecular formula is C17H25N3O5SSi. The number of aromatic nitrogens is 2. The SMILES string of the molecule is Cc1ccc(Cc2cnc([Si](C)(C)C(C)(C)C)n2S(=O)(=O)O)cc1[N+](=O)[O-]. The fraction of sp³-hybridized carbons (Fsp3) is 0.471. The van der Waals surface area contributed by atoms with E-state index >= 15 is 0 Å². The first-order chi connectivity index (χ1) is 12.2. The van der Waals surface area contributed by atoms with Gasteiger partial charge in [0.05, 0.1) is 10.6 Å². The molecule has 0 fully saturated rings. The lowest BCUT2D eigenvalue weighted by molar-refractivity contribution is -0.385. The average molecular weight is 412 g/mol.